The number of alkyl halides is 1. The highest BCUT2D eigenvalue weighted by Gasteiger charge is 2.17. The van der Waals surface area contributed by atoms with E-state index in [1.807, 2.05) is 0 Å². The molecule has 0 heterocycles. The van der Waals surface area contributed by atoms with Crippen molar-refractivity contribution in [1.82, 2.24) is 0 Å². The molecular formula is C11H17BrO4. The van der Waals surface area contributed by atoms with Gasteiger partial charge in [-0.15, -0.1) is 0 Å². The highest BCUT2D eigenvalue weighted by Crippen LogP contribution is 2.19. The van der Waals surface area contributed by atoms with Gasteiger partial charge in [0.05, 0.1) is 0 Å². The van der Waals surface area contributed by atoms with Gasteiger partial charge in [-0.05, 0) is 25.7 Å². The van der Waals surface area contributed by atoms with Gasteiger partial charge < -0.3 is 9.47 Å². The van der Waals surface area contributed by atoms with Crippen molar-refractivity contribution in [1.29, 1.82) is 0 Å². The summed E-state index contributed by atoms with van der Waals surface area (Å²) in [4.78, 5) is 22.1. The summed E-state index contributed by atoms with van der Waals surface area (Å²) in [6, 6.07) is 0. The molecular weight excluding hydrogens is 276 g/mol. The Hall–Kier alpha value is -0.580. The van der Waals surface area contributed by atoms with Crippen molar-refractivity contribution in [3.63, 3.8) is 0 Å². The molecule has 0 radical (unpaired) electrons. The van der Waals surface area contributed by atoms with Crippen LogP contribution in [0.4, 0.5) is 0 Å². The van der Waals surface area contributed by atoms with Gasteiger partial charge in [0, 0.05) is 0 Å². The van der Waals surface area contributed by atoms with E-state index in [9.17, 15) is 9.59 Å². The molecule has 0 unspecified atom stereocenters. The van der Waals surface area contributed by atoms with Crippen LogP contribution >= 0.6 is 15.9 Å². The fourth-order valence-electron chi connectivity index (χ4n) is 1.76. The maximum absolute atomic E-state index is 11.3. The van der Waals surface area contributed by atoms with Gasteiger partial charge in [-0.3, -0.25) is 4.79 Å². The summed E-state index contributed by atoms with van der Waals surface area (Å²) in [5.41, 5.74) is 0. The van der Waals surface area contributed by atoms with E-state index < -0.39 is 11.9 Å². The quantitative estimate of drug-likeness (QED) is 0.453. The predicted molar refractivity (Wildman–Crippen MR) is 62.3 cm³/mol. The standard InChI is InChI=1S/C11H17BrO4/c12-7-10(13)15-8-11(14)16-9-5-3-1-2-4-6-9/h9H,1-8H2. The van der Waals surface area contributed by atoms with Crippen molar-refractivity contribution >= 4 is 27.9 Å². The average molecular weight is 293 g/mol. The summed E-state index contributed by atoms with van der Waals surface area (Å²) in [6.07, 6.45) is 6.52. The second kappa shape index (κ2) is 7.65. The van der Waals surface area contributed by atoms with Gasteiger partial charge in [-0.25, -0.2) is 4.79 Å². The third-order valence-corrected chi connectivity index (χ3v) is 3.02. The highest BCUT2D eigenvalue weighted by atomic mass is 79.9. The Morgan fingerprint density at radius 3 is 2.25 bits per heavy atom. The molecule has 4 nitrogen and oxygen atoms in total. The Morgan fingerprint density at radius 2 is 1.69 bits per heavy atom. The van der Waals surface area contributed by atoms with Gasteiger partial charge in [0.25, 0.3) is 0 Å². The molecule has 1 saturated carbocycles. The van der Waals surface area contributed by atoms with E-state index >= 15 is 0 Å². The molecule has 0 aromatic heterocycles. The van der Waals surface area contributed by atoms with Gasteiger partial charge in [0.1, 0.15) is 11.4 Å². The lowest BCUT2D eigenvalue weighted by molar-refractivity contribution is -0.161. The van der Waals surface area contributed by atoms with Crippen LogP contribution < -0.4 is 0 Å². The van der Waals surface area contributed by atoms with Crippen LogP contribution in [0.5, 0.6) is 0 Å². The average Bonchev–Trinajstić information content (AvgIpc) is 2.54. The number of hydrogen-bond donors (Lipinski definition) is 0. The largest absolute Gasteiger partial charge is 0.460 e. The monoisotopic (exact) mass is 292 g/mol. The van der Waals surface area contributed by atoms with E-state index in [4.69, 9.17) is 4.74 Å². The molecule has 92 valence electrons. The van der Waals surface area contributed by atoms with Crippen LogP contribution in [0.15, 0.2) is 0 Å². The number of halogens is 1. The second-order valence-electron chi connectivity index (χ2n) is 3.90. The Bertz CT molecular complexity index is 234. The Labute approximate surface area is 104 Å². The lowest BCUT2D eigenvalue weighted by Gasteiger charge is -2.15. The number of carbonyl (C=O) groups is 2. The van der Waals surface area contributed by atoms with Gasteiger partial charge in [-0.1, -0.05) is 28.8 Å². The van der Waals surface area contributed by atoms with Crippen molar-refractivity contribution in [2.45, 2.75) is 44.6 Å². The lowest BCUT2D eigenvalue weighted by atomic mass is 10.1. The summed E-state index contributed by atoms with van der Waals surface area (Å²) < 4.78 is 9.90. The van der Waals surface area contributed by atoms with Crippen LogP contribution in [0.1, 0.15) is 38.5 Å². The van der Waals surface area contributed by atoms with Crippen molar-refractivity contribution < 1.29 is 19.1 Å². The minimum atomic E-state index is -0.446. The second-order valence-corrected chi connectivity index (χ2v) is 4.46. The summed E-state index contributed by atoms with van der Waals surface area (Å²) in [7, 11) is 0. The summed E-state index contributed by atoms with van der Waals surface area (Å²) in [6.45, 7) is -0.277. The smallest absolute Gasteiger partial charge is 0.344 e. The molecule has 0 atom stereocenters. The molecule has 0 N–H and O–H groups in total. The first-order chi connectivity index (χ1) is 7.72. The molecule has 0 aliphatic heterocycles. The van der Waals surface area contributed by atoms with Crippen molar-refractivity contribution in [3.8, 4) is 0 Å². The van der Waals surface area contributed by atoms with Gasteiger partial charge in [0.15, 0.2) is 6.61 Å². The van der Waals surface area contributed by atoms with E-state index in [0.717, 1.165) is 25.7 Å². The topological polar surface area (TPSA) is 52.6 Å². The van der Waals surface area contributed by atoms with E-state index in [-0.39, 0.29) is 18.0 Å². The molecule has 0 saturated heterocycles. The molecule has 1 fully saturated rings. The summed E-state index contributed by atoms with van der Waals surface area (Å²) in [5.74, 6) is -0.890. The Balaban J connectivity index is 2.19. The molecule has 0 spiro atoms. The Kier molecular flexibility index (Phi) is 6.45. The molecule has 1 aliphatic rings. The van der Waals surface area contributed by atoms with Gasteiger partial charge in [-0.2, -0.15) is 0 Å². The first kappa shape index (κ1) is 13.5. The molecule has 16 heavy (non-hydrogen) atoms. The van der Waals surface area contributed by atoms with Crippen LogP contribution in [0, 0.1) is 0 Å². The zero-order chi connectivity index (χ0) is 11.8. The normalized spacial score (nSPS) is 17.6. The van der Waals surface area contributed by atoms with Crippen molar-refractivity contribution in [3.05, 3.63) is 0 Å². The number of ether oxygens (including phenoxy) is 2. The molecule has 1 aliphatic carbocycles. The van der Waals surface area contributed by atoms with Crippen LogP contribution in [0.3, 0.4) is 0 Å². The zero-order valence-corrected chi connectivity index (χ0v) is 10.8. The fourth-order valence-corrected chi connectivity index (χ4v) is 1.92. The number of esters is 2. The van der Waals surface area contributed by atoms with Gasteiger partial charge in [0.2, 0.25) is 0 Å². The van der Waals surface area contributed by atoms with Crippen LogP contribution in [-0.2, 0) is 19.1 Å². The van der Waals surface area contributed by atoms with Crippen molar-refractivity contribution in [2.75, 3.05) is 11.9 Å². The molecule has 0 aromatic carbocycles. The zero-order valence-electron chi connectivity index (χ0n) is 9.25. The van der Waals surface area contributed by atoms with Crippen LogP contribution in [-0.4, -0.2) is 30.0 Å². The van der Waals surface area contributed by atoms with E-state index in [0.29, 0.717) is 0 Å². The maximum atomic E-state index is 11.3. The fraction of sp³-hybridized carbons (Fsp3) is 0.818. The van der Waals surface area contributed by atoms with E-state index in [1.165, 1.54) is 12.8 Å². The summed E-state index contributed by atoms with van der Waals surface area (Å²) in [5, 5.41) is 0.101. The van der Waals surface area contributed by atoms with Crippen LogP contribution in [0.25, 0.3) is 0 Å². The molecule has 0 bridgehead atoms. The lowest BCUT2D eigenvalue weighted by Crippen LogP contribution is -2.23. The number of hydrogen-bond acceptors (Lipinski definition) is 4. The number of rotatable bonds is 4. The summed E-state index contributed by atoms with van der Waals surface area (Å²) >= 11 is 2.95. The first-order valence-corrected chi connectivity index (χ1v) is 6.75. The molecule has 1 rings (SSSR count). The number of carbonyl (C=O) groups excluding carboxylic acids is 2. The molecule has 5 heteroatoms. The Morgan fingerprint density at radius 1 is 1.06 bits per heavy atom. The third kappa shape index (κ3) is 5.49. The van der Waals surface area contributed by atoms with Gasteiger partial charge >= 0.3 is 11.9 Å². The minimum Gasteiger partial charge on any atom is -0.460 e. The molecule has 0 aromatic rings. The van der Waals surface area contributed by atoms with E-state index in [2.05, 4.69) is 20.7 Å². The SMILES string of the molecule is O=C(CBr)OCC(=O)OC1CCCCCC1. The maximum Gasteiger partial charge on any atom is 0.344 e. The first-order valence-electron chi connectivity index (χ1n) is 5.63. The highest BCUT2D eigenvalue weighted by molar-refractivity contribution is 9.09. The molecule has 0 amide bonds. The van der Waals surface area contributed by atoms with Crippen LogP contribution in [0.2, 0.25) is 0 Å². The predicted octanol–water partition coefficient (Wildman–Crippen LogP) is 2.19. The van der Waals surface area contributed by atoms with Crippen molar-refractivity contribution in [2.24, 2.45) is 0 Å². The minimum absolute atomic E-state index is 0.0117. The third-order valence-electron chi connectivity index (χ3n) is 2.56. The van der Waals surface area contributed by atoms with E-state index in [1.54, 1.807) is 0 Å².